The summed E-state index contributed by atoms with van der Waals surface area (Å²) in [5, 5.41) is 4.80. The number of imidazole rings is 2. The number of hydrogen-bond donors (Lipinski definition) is 3. The molecule has 0 radical (unpaired) electrons. The van der Waals surface area contributed by atoms with Crippen molar-refractivity contribution in [3.8, 4) is 28.1 Å². The van der Waals surface area contributed by atoms with Crippen LogP contribution in [0.1, 0.15) is 82.7 Å². The third-order valence-corrected chi connectivity index (χ3v) is 12.2. The maximum Gasteiger partial charge on any atom is 0.407 e. The fourth-order valence-electron chi connectivity index (χ4n) is 9.06. The number of ether oxygens (including phenoxy) is 4. The second-order valence-electron chi connectivity index (χ2n) is 16.4. The lowest BCUT2D eigenvalue weighted by Gasteiger charge is -2.30. The lowest BCUT2D eigenvalue weighted by Crippen LogP contribution is -2.51. The van der Waals surface area contributed by atoms with E-state index in [-0.39, 0.29) is 47.9 Å². The van der Waals surface area contributed by atoms with Crippen molar-refractivity contribution in [2.24, 2.45) is 11.8 Å². The zero-order valence-corrected chi connectivity index (χ0v) is 34.3. The SMILES string of the molecule is COC[C@H]1C[C@@H](c2ncc(-c3ccc4c(c3)COc3cc5c(ccc6nc([C@@H]7CC[C@H](C)N7C(=O)C[C@@H](C)OC)[nH]c65)cc3-4)[nH]2)N(C(=O)[C@@H](NC(=O)OC)C(C)C)C1. The highest BCUT2D eigenvalue weighted by molar-refractivity contribution is 6.07. The predicted molar refractivity (Wildman–Crippen MR) is 219 cm³/mol. The van der Waals surface area contributed by atoms with Crippen molar-refractivity contribution in [3.63, 3.8) is 0 Å². The van der Waals surface area contributed by atoms with Gasteiger partial charge in [-0.25, -0.2) is 14.8 Å². The Labute approximate surface area is 338 Å². The van der Waals surface area contributed by atoms with E-state index in [1.807, 2.05) is 42.8 Å². The van der Waals surface area contributed by atoms with Gasteiger partial charge in [-0.2, -0.15) is 0 Å². The molecule has 6 atom stereocenters. The van der Waals surface area contributed by atoms with Crippen molar-refractivity contribution >= 4 is 39.7 Å². The third-order valence-electron chi connectivity index (χ3n) is 12.2. The molecule has 5 aromatic rings. The van der Waals surface area contributed by atoms with Gasteiger partial charge in [0.05, 0.1) is 61.2 Å². The lowest BCUT2D eigenvalue weighted by molar-refractivity contribution is -0.137. The molecule has 8 rings (SSSR count). The number of aromatic amines is 2. The van der Waals surface area contributed by atoms with Crippen molar-refractivity contribution in [2.45, 2.75) is 90.3 Å². The topological polar surface area (TPSA) is 164 Å². The maximum absolute atomic E-state index is 13.9. The molecule has 5 heterocycles. The first kappa shape index (κ1) is 39.4. The maximum atomic E-state index is 13.9. The molecular weight excluding hydrogens is 739 g/mol. The predicted octanol–water partition coefficient (Wildman–Crippen LogP) is 7.06. The molecule has 0 bridgehead atoms. The molecule has 3 aliphatic rings. The number of fused-ring (bicyclic) bond motifs is 6. The van der Waals surface area contributed by atoms with E-state index in [0.717, 1.165) is 74.2 Å². The molecule has 2 fully saturated rings. The number of benzene rings is 3. The van der Waals surface area contributed by atoms with E-state index >= 15 is 0 Å². The molecule has 0 spiro atoms. The van der Waals surface area contributed by atoms with E-state index in [2.05, 4.69) is 58.6 Å². The van der Waals surface area contributed by atoms with E-state index in [1.165, 1.54) is 7.11 Å². The van der Waals surface area contributed by atoms with E-state index in [4.69, 9.17) is 28.9 Å². The molecule has 14 nitrogen and oxygen atoms in total. The van der Waals surface area contributed by atoms with Crippen molar-refractivity contribution < 1.29 is 33.3 Å². The summed E-state index contributed by atoms with van der Waals surface area (Å²) in [5.41, 5.74) is 6.76. The van der Waals surface area contributed by atoms with Crippen LogP contribution < -0.4 is 10.1 Å². The summed E-state index contributed by atoms with van der Waals surface area (Å²) in [7, 11) is 4.59. The van der Waals surface area contributed by atoms with Gasteiger partial charge in [0, 0.05) is 43.7 Å². The number of amides is 3. The first-order chi connectivity index (χ1) is 28.0. The number of carbonyl (C=O) groups excluding carboxylic acids is 3. The molecule has 3 amide bonds. The molecule has 14 heteroatoms. The van der Waals surface area contributed by atoms with Crippen molar-refractivity contribution in [1.29, 1.82) is 0 Å². The Bertz CT molecular complexity index is 2350. The van der Waals surface area contributed by atoms with Gasteiger partial charge in [0.25, 0.3) is 0 Å². The number of methoxy groups -OCH3 is 3. The molecule has 58 heavy (non-hydrogen) atoms. The summed E-state index contributed by atoms with van der Waals surface area (Å²) in [6, 6.07) is 13.7. The summed E-state index contributed by atoms with van der Waals surface area (Å²) >= 11 is 0. The second-order valence-corrected chi connectivity index (χ2v) is 16.4. The van der Waals surface area contributed by atoms with Crippen LogP contribution in [0.4, 0.5) is 4.79 Å². The first-order valence-corrected chi connectivity index (χ1v) is 20.2. The monoisotopic (exact) mass is 791 g/mol. The normalized spacial score (nSPS) is 21.2. The van der Waals surface area contributed by atoms with Crippen LogP contribution >= 0.6 is 0 Å². The fraction of sp³-hybridized carbons (Fsp3) is 0.477. The van der Waals surface area contributed by atoms with E-state index < -0.39 is 12.1 Å². The van der Waals surface area contributed by atoms with E-state index in [0.29, 0.717) is 38.4 Å². The average molecular weight is 792 g/mol. The first-order valence-electron chi connectivity index (χ1n) is 20.2. The van der Waals surface area contributed by atoms with Gasteiger partial charge < -0.3 is 44.0 Å². The molecule has 0 saturated carbocycles. The molecule has 2 aromatic heterocycles. The minimum absolute atomic E-state index is 0.0848. The van der Waals surface area contributed by atoms with Crippen LogP contribution in [0.25, 0.3) is 44.2 Å². The standard InChI is InChI=1S/C44H53N7O7/c1-23(2)39(49-44(54)57-7)43(53)50-20-26(21-55-5)15-36(50)41-45-19-34(47-41)28-9-11-30-29(16-28)22-58-37-18-31-27(17-32(30)37)10-12-33-40(31)48-42(46-33)35-13-8-24(3)51(35)38(52)14-25(4)56-6/h9-12,16-19,23-26,35-36,39H,8,13-15,20-22H2,1-7H3,(H,45,47)(H,46,48)(H,49,54)/t24-,25+,26-,35-,36-,39-/m0/s1. The second kappa shape index (κ2) is 16.1. The van der Waals surface area contributed by atoms with Crippen LogP contribution in [0, 0.1) is 11.8 Å². The van der Waals surface area contributed by atoms with Crippen LogP contribution in [0.2, 0.25) is 0 Å². The Hall–Kier alpha value is -5.47. The number of nitrogens with zero attached hydrogens (tertiary/aromatic N) is 4. The quantitative estimate of drug-likeness (QED) is 0.127. The van der Waals surface area contributed by atoms with Crippen LogP contribution in [0.5, 0.6) is 5.75 Å². The minimum atomic E-state index is -0.742. The Morgan fingerprint density at radius 3 is 2.57 bits per heavy atom. The molecule has 306 valence electrons. The van der Waals surface area contributed by atoms with Gasteiger partial charge in [0.2, 0.25) is 11.8 Å². The van der Waals surface area contributed by atoms with Crippen molar-refractivity contribution in [3.05, 3.63) is 65.9 Å². The number of alkyl carbamates (subject to hydrolysis) is 1. The Morgan fingerprint density at radius 2 is 1.81 bits per heavy atom. The van der Waals surface area contributed by atoms with Gasteiger partial charge in [-0.3, -0.25) is 9.59 Å². The number of H-pyrrole nitrogens is 2. The Kier molecular flexibility index (Phi) is 10.9. The molecule has 0 aliphatic carbocycles. The zero-order valence-electron chi connectivity index (χ0n) is 34.3. The van der Waals surface area contributed by atoms with Gasteiger partial charge in [-0.05, 0) is 85.4 Å². The molecule has 3 aromatic carbocycles. The van der Waals surface area contributed by atoms with E-state index in [9.17, 15) is 14.4 Å². The Morgan fingerprint density at radius 1 is 0.983 bits per heavy atom. The fourth-order valence-corrected chi connectivity index (χ4v) is 9.06. The van der Waals surface area contributed by atoms with Crippen LogP contribution in [-0.4, -0.2) is 100 Å². The van der Waals surface area contributed by atoms with Gasteiger partial charge in [-0.15, -0.1) is 0 Å². The molecule has 0 unspecified atom stereocenters. The third kappa shape index (κ3) is 7.28. The average Bonchev–Trinajstić information content (AvgIpc) is 4.04. The summed E-state index contributed by atoms with van der Waals surface area (Å²) in [4.78, 5) is 60.1. The highest BCUT2D eigenvalue weighted by Crippen LogP contribution is 2.44. The van der Waals surface area contributed by atoms with E-state index in [1.54, 1.807) is 14.2 Å². The number of likely N-dealkylation sites (tertiary alicyclic amines) is 2. The number of carbonyl (C=O) groups is 3. The van der Waals surface area contributed by atoms with Gasteiger partial charge >= 0.3 is 6.09 Å². The lowest BCUT2D eigenvalue weighted by atomic mass is 9.92. The summed E-state index contributed by atoms with van der Waals surface area (Å²) < 4.78 is 22.1. The minimum Gasteiger partial charge on any atom is -0.488 e. The van der Waals surface area contributed by atoms with Crippen molar-refractivity contribution in [2.75, 3.05) is 34.5 Å². The number of nitrogens with one attached hydrogen (secondary N) is 3. The Balaban J connectivity index is 1.05. The molecule has 2 saturated heterocycles. The number of rotatable bonds is 11. The van der Waals surface area contributed by atoms with Crippen molar-refractivity contribution in [1.82, 2.24) is 35.1 Å². The van der Waals surface area contributed by atoms with Gasteiger partial charge in [-0.1, -0.05) is 32.0 Å². The summed E-state index contributed by atoms with van der Waals surface area (Å²) in [5.74, 6) is 2.17. The van der Waals surface area contributed by atoms with Crippen LogP contribution in [0.3, 0.4) is 0 Å². The molecule has 3 N–H and O–H groups in total. The highest BCUT2D eigenvalue weighted by Gasteiger charge is 2.42. The highest BCUT2D eigenvalue weighted by atomic mass is 16.5. The molecule has 3 aliphatic heterocycles. The smallest absolute Gasteiger partial charge is 0.407 e. The van der Waals surface area contributed by atoms with Crippen LogP contribution in [-0.2, 0) is 30.4 Å². The largest absolute Gasteiger partial charge is 0.488 e. The summed E-state index contributed by atoms with van der Waals surface area (Å²) in [6.45, 7) is 9.23. The summed E-state index contributed by atoms with van der Waals surface area (Å²) in [6.07, 6.45) is 3.81. The number of hydrogen-bond acceptors (Lipinski definition) is 9. The van der Waals surface area contributed by atoms with Gasteiger partial charge in [0.1, 0.15) is 30.0 Å². The van der Waals surface area contributed by atoms with Crippen LogP contribution in [0.15, 0.2) is 48.7 Å². The van der Waals surface area contributed by atoms with Gasteiger partial charge in [0.15, 0.2) is 0 Å². The zero-order chi connectivity index (χ0) is 40.8. The number of aromatic nitrogens is 4. The molecular formula is C44H53N7O7.